The molecule has 0 saturated carbocycles. The van der Waals surface area contributed by atoms with Crippen LogP contribution in [0.1, 0.15) is 11.1 Å². The van der Waals surface area contributed by atoms with E-state index in [1.54, 1.807) is 0 Å². The van der Waals surface area contributed by atoms with Gasteiger partial charge in [-0.15, -0.1) is 0 Å². The summed E-state index contributed by atoms with van der Waals surface area (Å²) in [4.78, 5) is 2.24. The van der Waals surface area contributed by atoms with Crippen LogP contribution in [-0.4, -0.2) is 19.6 Å². The maximum absolute atomic E-state index is 9.77. The number of phenols is 1. The number of phenolic OH excluding ortho intramolecular Hbond substituents is 1. The zero-order chi connectivity index (χ0) is 12.7. The van der Waals surface area contributed by atoms with Gasteiger partial charge in [-0.3, -0.25) is 0 Å². The van der Waals surface area contributed by atoms with E-state index in [2.05, 4.69) is 42.2 Å². The number of fused-ring (bicyclic) bond motifs is 1. The first-order valence-corrected chi connectivity index (χ1v) is 7.77. The van der Waals surface area contributed by atoms with Crippen LogP contribution in [0.25, 0.3) is 20.8 Å². The fraction of sp³-hybridized carbons (Fsp3) is 0.125. The molecule has 0 radical (unpaired) electrons. The number of hydrogen-bond donors (Lipinski definition) is 1. The van der Waals surface area contributed by atoms with Crippen LogP contribution in [0.2, 0.25) is 0 Å². The van der Waals surface area contributed by atoms with Gasteiger partial charge in [0.25, 0.3) is 0 Å². The van der Waals surface area contributed by atoms with E-state index < -0.39 is 0 Å². The van der Waals surface area contributed by atoms with Gasteiger partial charge in [0.1, 0.15) is 0 Å². The predicted molar refractivity (Wildman–Crippen MR) is 77.5 cm³/mol. The Labute approximate surface area is 112 Å². The van der Waals surface area contributed by atoms with Gasteiger partial charge < -0.3 is 0 Å². The van der Waals surface area contributed by atoms with Crippen molar-refractivity contribution in [3.63, 3.8) is 0 Å². The SMILES string of the molecule is Cc1cc2cc(-c3ccc[se]3)c(C)cc2cc1O. The zero-order valence-corrected chi connectivity index (χ0v) is 12.1. The third-order valence-corrected chi connectivity index (χ3v) is 5.18. The molecule has 0 aliphatic heterocycles. The van der Waals surface area contributed by atoms with E-state index in [9.17, 15) is 5.11 Å². The molecule has 0 fully saturated rings. The van der Waals surface area contributed by atoms with Gasteiger partial charge in [0.2, 0.25) is 0 Å². The summed E-state index contributed by atoms with van der Waals surface area (Å²) in [5.74, 6) is 0.376. The topological polar surface area (TPSA) is 20.2 Å². The first-order valence-electron chi connectivity index (χ1n) is 5.93. The molecule has 0 aliphatic rings. The minimum absolute atomic E-state index is 0.376. The Balaban J connectivity index is 2.30. The number of aromatic hydroxyl groups is 1. The molecule has 1 nitrogen and oxygen atoms in total. The Bertz CT molecular complexity index is 712. The van der Waals surface area contributed by atoms with Gasteiger partial charge in [0.05, 0.1) is 0 Å². The van der Waals surface area contributed by atoms with Crippen molar-refractivity contribution in [1.82, 2.24) is 0 Å². The monoisotopic (exact) mass is 302 g/mol. The number of hydrogen-bond acceptors (Lipinski definition) is 1. The van der Waals surface area contributed by atoms with Crippen molar-refractivity contribution in [3.05, 3.63) is 52.5 Å². The van der Waals surface area contributed by atoms with Crippen molar-refractivity contribution < 1.29 is 5.11 Å². The van der Waals surface area contributed by atoms with E-state index in [1.807, 2.05) is 13.0 Å². The number of aryl methyl sites for hydroxylation is 2. The van der Waals surface area contributed by atoms with Crippen LogP contribution in [-0.2, 0) is 0 Å². The minimum atomic E-state index is 0.376. The molecular formula is C16H14OSe. The van der Waals surface area contributed by atoms with Crippen molar-refractivity contribution in [2.75, 3.05) is 0 Å². The molecule has 0 aliphatic carbocycles. The van der Waals surface area contributed by atoms with Crippen LogP contribution in [0.5, 0.6) is 5.75 Å². The van der Waals surface area contributed by atoms with E-state index in [0.717, 1.165) is 10.9 Å². The molecule has 90 valence electrons. The second-order valence-corrected chi connectivity index (χ2v) is 6.62. The quantitative estimate of drug-likeness (QED) is 0.676. The molecule has 0 bridgehead atoms. The molecule has 0 unspecified atom stereocenters. The fourth-order valence-corrected chi connectivity index (χ4v) is 3.96. The molecule has 2 heteroatoms. The molecule has 0 saturated heterocycles. The molecule has 3 aromatic rings. The average molecular weight is 301 g/mol. The summed E-state index contributed by atoms with van der Waals surface area (Å²) in [6.07, 6.45) is 0. The van der Waals surface area contributed by atoms with Crippen LogP contribution in [0.4, 0.5) is 0 Å². The summed E-state index contributed by atoms with van der Waals surface area (Å²) < 4.78 is 1.44. The Morgan fingerprint density at radius 3 is 2.39 bits per heavy atom. The first-order chi connectivity index (χ1) is 8.65. The van der Waals surface area contributed by atoms with Gasteiger partial charge in [0, 0.05) is 0 Å². The molecule has 0 amide bonds. The summed E-state index contributed by atoms with van der Waals surface area (Å²) >= 11 is 0.463. The van der Waals surface area contributed by atoms with E-state index in [0.29, 0.717) is 20.3 Å². The van der Waals surface area contributed by atoms with Gasteiger partial charge in [-0.05, 0) is 0 Å². The molecule has 2 aromatic carbocycles. The average Bonchev–Trinajstić information content (AvgIpc) is 2.84. The van der Waals surface area contributed by atoms with Crippen LogP contribution in [0.3, 0.4) is 0 Å². The Hall–Kier alpha value is -1.50. The van der Waals surface area contributed by atoms with Crippen LogP contribution in [0.15, 0.2) is 41.3 Å². The van der Waals surface area contributed by atoms with Gasteiger partial charge in [-0.1, -0.05) is 0 Å². The normalized spacial score (nSPS) is 11.0. The zero-order valence-electron chi connectivity index (χ0n) is 10.4. The third-order valence-electron chi connectivity index (χ3n) is 3.28. The van der Waals surface area contributed by atoms with E-state index in [4.69, 9.17) is 0 Å². The van der Waals surface area contributed by atoms with Crippen molar-refractivity contribution >= 4 is 25.3 Å². The van der Waals surface area contributed by atoms with Gasteiger partial charge in [-0.25, -0.2) is 0 Å². The summed E-state index contributed by atoms with van der Waals surface area (Å²) in [5.41, 5.74) is 3.56. The van der Waals surface area contributed by atoms with Crippen LogP contribution in [0, 0.1) is 13.8 Å². The third kappa shape index (κ3) is 1.88. The predicted octanol–water partition coefficient (Wildman–Crippen LogP) is 3.89. The molecule has 0 atom stereocenters. The van der Waals surface area contributed by atoms with Crippen LogP contribution < -0.4 is 0 Å². The molecule has 18 heavy (non-hydrogen) atoms. The molecule has 1 N–H and O–H groups in total. The van der Waals surface area contributed by atoms with Crippen molar-refractivity contribution in [2.45, 2.75) is 13.8 Å². The fourth-order valence-electron chi connectivity index (χ4n) is 2.26. The standard InChI is InChI=1S/C16H14OSe/c1-10-6-13-9-15(17)11(2)7-12(13)8-14(10)16-4-3-5-18-16/h3-9,17H,1-2H3. The molecule has 1 aromatic heterocycles. The van der Waals surface area contributed by atoms with Crippen molar-refractivity contribution in [2.24, 2.45) is 0 Å². The second-order valence-electron chi connectivity index (χ2n) is 4.63. The summed E-state index contributed by atoms with van der Waals surface area (Å²) in [6.45, 7) is 4.08. The van der Waals surface area contributed by atoms with Gasteiger partial charge in [-0.2, -0.15) is 0 Å². The Kier molecular flexibility index (Phi) is 2.77. The number of benzene rings is 2. The maximum atomic E-state index is 9.77. The molecule has 1 heterocycles. The van der Waals surface area contributed by atoms with Crippen LogP contribution >= 0.6 is 0 Å². The van der Waals surface area contributed by atoms with E-state index in [1.165, 1.54) is 21.0 Å². The number of rotatable bonds is 1. The van der Waals surface area contributed by atoms with Gasteiger partial charge >= 0.3 is 112 Å². The second kappa shape index (κ2) is 4.31. The molecule has 3 rings (SSSR count). The molecule has 0 spiro atoms. The van der Waals surface area contributed by atoms with Gasteiger partial charge in [0.15, 0.2) is 0 Å². The van der Waals surface area contributed by atoms with Crippen molar-refractivity contribution in [1.29, 1.82) is 0 Å². The van der Waals surface area contributed by atoms with E-state index >= 15 is 0 Å². The molecular weight excluding hydrogens is 287 g/mol. The summed E-state index contributed by atoms with van der Waals surface area (Å²) in [6, 6.07) is 12.7. The Morgan fingerprint density at radius 1 is 0.944 bits per heavy atom. The first kappa shape index (κ1) is 11.6. The van der Waals surface area contributed by atoms with Crippen molar-refractivity contribution in [3.8, 4) is 15.8 Å². The summed E-state index contributed by atoms with van der Waals surface area (Å²) in [7, 11) is 0. The van der Waals surface area contributed by atoms with E-state index in [-0.39, 0.29) is 0 Å². The summed E-state index contributed by atoms with van der Waals surface area (Å²) in [5, 5.41) is 12.1. The Morgan fingerprint density at radius 2 is 1.67 bits per heavy atom.